The molecule has 0 fully saturated rings. The van der Waals surface area contributed by atoms with Gasteiger partial charge in [0.1, 0.15) is 0 Å². The van der Waals surface area contributed by atoms with Crippen LogP contribution in [0.5, 0.6) is 0 Å². The number of aromatic amines is 1. The number of amides is 1. The van der Waals surface area contributed by atoms with E-state index in [1.165, 1.54) is 0 Å². The van der Waals surface area contributed by atoms with Crippen molar-refractivity contribution >= 4 is 22.8 Å². The lowest BCUT2D eigenvalue weighted by Gasteiger charge is -2.02. The van der Waals surface area contributed by atoms with Gasteiger partial charge < -0.3 is 0 Å². The molecule has 18 heavy (non-hydrogen) atoms. The second-order valence-corrected chi connectivity index (χ2v) is 3.70. The van der Waals surface area contributed by atoms with Crippen molar-refractivity contribution in [3.05, 3.63) is 48.4 Å². The van der Waals surface area contributed by atoms with Crippen LogP contribution in [-0.2, 0) is 0 Å². The zero-order chi connectivity index (χ0) is 12.4. The molecule has 0 aliphatic rings. The molecule has 6 heteroatoms. The lowest BCUT2D eigenvalue weighted by Crippen LogP contribution is -2.13. The molecule has 0 bridgehead atoms. The molecule has 0 spiro atoms. The van der Waals surface area contributed by atoms with Gasteiger partial charge in [0.2, 0.25) is 5.95 Å². The second kappa shape index (κ2) is 4.25. The fourth-order valence-electron chi connectivity index (χ4n) is 1.62. The van der Waals surface area contributed by atoms with E-state index in [1.807, 2.05) is 6.07 Å². The number of carbonyl (C=O) groups excluding carboxylic acids is 1. The van der Waals surface area contributed by atoms with Gasteiger partial charge in [-0.15, -0.1) is 0 Å². The van der Waals surface area contributed by atoms with E-state index in [2.05, 4.69) is 25.5 Å². The minimum absolute atomic E-state index is 0.246. The Kier molecular flexibility index (Phi) is 2.45. The van der Waals surface area contributed by atoms with E-state index in [1.54, 1.807) is 36.8 Å². The number of anilines is 1. The molecule has 0 saturated heterocycles. The smallest absolute Gasteiger partial charge is 0.258 e. The summed E-state index contributed by atoms with van der Waals surface area (Å²) in [4.78, 5) is 19.8. The summed E-state index contributed by atoms with van der Waals surface area (Å²) >= 11 is 0. The summed E-state index contributed by atoms with van der Waals surface area (Å²) in [5.74, 6) is 0.0408. The van der Waals surface area contributed by atoms with Crippen LogP contribution in [0.2, 0.25) is 0 Å². The number of hydrogen-bond donors (Lipinski definition) is 2. The summed E-state index contributed by atoms with van der Waals surface area (Å²) in [6.07, 6.45) is 4.81. The summed E-state index contributed by atoms with van der Waals surface area (Å²) in [5.41, 5.74) is 1.43. The van der Waals surface area contributed by atoms with E-state index in [9.17, 15) is 4.79 Å². The zero-order valence-electron chi connectivity index (χ0n) is 9.29. The molecule has 2 N–H and O–H groups in total. The van der Waals surface area contributed by atoms with Crippen molar-refractivity contribution in [2.75, 3.05) is 5.32 Å². The van der Waals surface area contributed by atoms with E-state index in [4.69, 9.17) is 0 Å². The Morgan fingerprint density at radius 2 is 2.06 bits per heavy atom. The number of nitrogens with one attached hydrogen (secondary N) is 2. The molecule has 0 radical (unpaired) electrons. The van der Waals surface area contributed by atoms with Crippen molar-refractivity contribution < 1.29 is 4.79 Å². The first-order valence-electron chi connectivity index (χ1n) is 5.34. The molecule has 3 rings (SSSR count). The van der Waals surface area contributed by atoms with E-state index in [0.717, 1.165) is 10.9 Å². The Bertz CT molecular complexity index is 692. The van der Waals surface area contributed by atoms with E-state index < -0.39 is 0 Å². The van der Waals surface area contributed by atoms with Crippen molar-refractivity contribution in [3.8, 4) is 0 Å². The number of H-pyrrole nitrogens is 1. The first-order chi connectivity index (χ1) is 8.83. The number of hydrogen-bond acceptors (Lipinski definition) is 4. The lowest BCUT2D eigenvalue weighted by molar-refractivity contribution is 0.102. The third kappa shape index (κ3) is 1.91. The highest BCUT2D eigenvalue weighted by Crippen LogP contribution is 2.13. The van der Waals surface area contributed by atoms with Crippen LogP contribution in [-0.4, -0.2) is 26.1 Å². The molecule has 1 amide bonds. The Morgan fingerprint density at radius 3 is 2.89 bits per heavy atom. The Morgan fingerprint density at radius 1 is 1.22 bits per heavy atom. The summed E-state index contributed by atoms with van der Waals surface area (Å²) in [6.45, 7) is 0. The fourth-order valence-corrected chi connectivity index (χ4v) is 1.62. The normalized spacial score (nSPS) is 10.4. The maximum Gasteiger partial charge on any atom is 0.258 e. The topological polar surface area (TPSA) is 83.6 Å². The van der Waals surface area contributed by atoms with Gasteiger partial charge in [-0.25, -0.2) is 9.97 Å². The van der Waals surface area contributed by atoms with E-state index >= 15 is 0 Å². The average molecular weight is 239 g/mol. The molecule has 1 aromatic carbocycles. The number of aromatic nitrogens is 4. The maximum atomic E-state index is 12.0. The summed E-state index contributed by atoms with van der Waals surface area (Å²) in [7, 11) is 0. The quantitative estimate of drug-likeness (QED) is 0.711. The average Bonchev–Trinajstić information content (AvgIpc) is 2.87. The van der Waals surface area contributed by atoms with E-state index in [0.29, 0.717) is 5.56 Å². The van der Waals surface area contributed by atoms with Crippen molar-refractivity contribution in [2.24, 2.45) is 0 Å². The molecule has 0 atom stereocenters. The van der Waals surface area contributed by atoms with Crippen LogP contribution in [0.1, 0.15) is 10.4 Å². The molecule has 6 nitrogen and oxygen atoms in total. The van der Waals surface area contributed by atoms with Crippen LogP contribution in [0.4, 0.5) is 5.95 Å². The Hall–Kier alpha value is -2.76. The summed E-state index contributed by atoms with van der Waals surface area (Å²) in [5, 5.41) is 10.2. The van der Waals surface area contributed by atoms with Crippen LogP contribution in [0, 0.1) is 0 Å². The SMILES string of the molecule is O=C(Nc1ncccn1)c1ccc2[nH]ncc2c1. The number of carbonyl (C=O) groups is 1. The molecule has 0 saturated carbocycles. The Labute approximate surface area is 102 Å². The molecule has 88 valence electrons. The van der Waals surface area contributed by atoms with Gasteiger partial charge >= 0.3 is 0 Å². The van der Waals surface area contributed by atoms with Crippen molar-refractivity contribution in [3.63, 3.8) is 0 Å². The van der Waals surface area contributed by atoms with Crippen LogP contribution in [0.15, 0.2) is 42.9 Å². The molecule has 0 aliphatic carbocycles. The van der Waals surface area contributed by atoms with Crippen LogP contribution in [0.25, 0.3) is 10.9 Å². The maximum absolute atomic E-state index is 12.0. The Balaban J connectivity index is 1.87. The molecule has 3 aromatic rings. The summed E-state index contributed by atoms with van der Waals surface area (Å²) < 4.78 is 0. The van der Waals surface area contributed by atoms with Gasteiger partial charge in [-0.1, -0.05) is 0 Å². The number of fused-ring (bicyclic) bond motifs is 1. The summed E-state index contributed by atoms with van der Waals surface area (Å²) in [6, 6.07) is 6.98. The first-order valence-corrected chi connectivity index (χ1v) is 5.34. The van der Waals surface area contributed by atoms with Gasteiger partial charge in [0, 0.05) is 23.3 Å². The number of benzene rings is 1. The molecular formula is C12H9N5O. The van der Waals surface area contributed by atoms with Crippen LogP contribution in [0.3, 0.4) is 0 Å². The molecule has 0 aliphatic heterocycles. The predicted octanol–water partition coefficient (Wildman–Crippen LogP) is 1.61. The predicted molar refractivity (Wildman–Crippen MR) is 66.1 cm³/mol. The lowest BCUT2D eigenvalue weighted by atomic mass is 10.1. The zero-order valence-corrected chi connectivity index (χ0v) is 9.29. The molecule has 2 aromatic heterocycles. The molecule has 0 unspecified atom stereocenters. The number of rotatable bonds is 2. The fraction of sp³-hybridized carbons (Fsp3) is 0. The van der Waals surface area contributed by atoms with Crippen molar-refractivity contribution in [1.82, 2.24) is 20.2 Å². The van der Waals surface area contributed by atoms with Gasteiger partial charge in [0.25, 0.3) is 5.91 Å². The second-order valence-electron chi connectivity index (χ2n) is 3.70. The van der Waals surface area contributed by atoms with Crippen LogP contribution >= 0.6 is 0 Å². The number of nitrogens with zero attached hydrogens (tertiary/aromatic N) is 3. The highest BCUT2D eigenvalue weighted by Gasteiger charge is 2.08. The molecule has 2 heterocycles. The minimum atomic E-state index is -0.246. The largest absolute Gasteiger partial charge is 0.290 e. The minimum Gasteiger partial charge on any atom is -0.290 e. The van der Waals surface area contributed by atoms with Gasteiger partial charge in [0.15, 0.2) is 0 Å². The van der Waals surface area contributed by atoms with Crippen LogP contribution < -0.4 is 5.32 Å². The van der Waals surface area contributed by atoms with Gasteiger partial charge in [-0.2, -0.15) is 5.10 Å². The third-order valence-corrected chi connectivity index (χ3v) is 2.49. The molecular weight excluding hydrogens is 230 g/mol. The highest BCUT2D eigenvalue weighted by atomic mass is 16.1. The third-order valence-electron chi connectivity index (χ3n) is 2.49. The standard InChI is InChI=1S/C12H9N5O/c18-11(16-12-13-4-1-5-14-12)8-2-3-10-9(6-8)7-15-17-10/h1-7H,(H,15,17)(H,13,14,16,18). The first kappa shape index (κ1) is 10.4. The monoisotopic (exact) mass is 239 g/mol. The van der Waals surface area contributed by atoms with Crippen molar-refractivity contribution in [2.45, 2.75) is 0 Å². The van der Waals surface area contributed by atoms with Crippen molar-refractivity contribution in [1.29, 1.82) is 0 Å². The highest BCUT2D eigenvalue weighted by molar-refractivity contribution is 6.05. The van der Waals surface area contributed by atoms with Gasteiger partial charge in [-0.3, -0.25) is 15.2 Å². The van der Waals surface area contributed by atoms with E-state index in [-0.39, 0.29) is 11.9 Å². The van der Waals surface area contributed by atoms with Gasteiger partial charge in [0.05, 0.1) is 11.7 Å². The van der Waals surface area contributed by atoms with Gasteiger partial charge in [-0.05, 0) is 24.3 Å².